The molecule has 14 N–H and O–H groups in total. The first-order chi connectivity index (χ1) is 20.5. The molecule has 6 amide bonds. The van der Waals surface area contributed by atoms with Crippen molar-refractivity contribution in [3.8, 4) is 5.75 Å². The van der Waals surface area contributed by atoms with Crippen molar-refractivity contribution in [3.63, 3.8) is 0 Å². The molecule has 0 bridgehead atoms. The molecule has 0 aliphatic carbocycles. The molecular formula is C26H39N7O11. The molecule has 0 aromatic heterocycles. The Hall–Kier alpha value is -4.81. The van der Waals surface area contributed by atoms with Gasteiger partial charge in [-0.2, -0.15) is 0 Å². The molecule has 0 unspecified atom stereocenters. The molecule has 0 fully saturated rings. The quantitative estimate of drug-likeness (QED) is 0.0690. The minimum absolute atomic E-state index is 0.0599. The maximum Gasteiger partial charge on any atom is 0.326 e. The number of hydrogen-bond acceptors (Lipinski definition) is 11. The number of phenolic OH excluding ortho intramolecular Hbond substituents is 1. The van der Waals surface area contributed by atoms with Crippen LogP contribution in [0.5, 0.6) is 5.75 Å². The number of aliphatic carboxylic acids is 1. The average molecular weight is 626 g/mol. The molecule has 244 valence electrons. The van der Waals surface area contributed by atoms with Crippen molar-refractivity contribution in [3.05, 3.63) is 29.8 Å². The lowest BCUT2D eigenvalue weighted by molar-refractivity contribution is -0.142. The highest BCUT2D eigenvalue weighted by atomic mass is 16.4. The minimum atomic E-state index is -1.74. The average Bonchev–Trinajstić information content (AvgIpc) is 2.95. The fourth-order valence-electron chi connectivity index (χ4n) is 3.72. The molecular weight excluding hydrogens is 586 g/mol. The van der Waals surface area contributed by atoms with Crippen molar-refractivity contribution in [2.75, 3.05) is 6.61 Å². The van der Waals surface area contributed by atoms with Crippen LogP contribution in [0.4, 0.5) is 0 Å². The fourth-order valence-corrected chi connectivity index (χ4v) is 3.72. The van der Waals surface area contributed by atoms with E-state index in [1.54, 1.807) is 0 Å². The molecule has 1 aromatic carbocycles. The standard InChI is InChI=1S/C26H39N7O11/c1-12(35)21(33-22(39)15(27)6-8-19(28)37)25(42)32-18(11-34)24(41)30-16(7-9-20(29)38)23(40)31-17(26(43)44)10-13-2-4-14(36)5-3-13/h2-5,12,15-18,21,34-36H,6-11,27H2,1H3,(H2,28,37)(H2,29,38)(H,30,41)(H,31,40)(H,32,42)(H,33,39)(H,43,44)/t12-,15+,16+,17+,18+,21+/m1/s1. The van der Waals surface area contributed by atoms with Gasteiger partial charge in [0.15, 0.2) is 0 Å². The molecule has 0 heterocycles. The Morgan fingerprint density at radius 3 is 1.75 bits per heavy atom. The predicted octanol–water partition coefficient (Wildman–Crippen LogP) is -4.81. The van der Waals surface area contributed by atoms with Crippen LogP contribution in [0.15, 0.2) is 24.3 Å². The number of carbonyl (C=O) groups excluding carboxylic acids is 6. The Labute approximate surface area is 251 Å². The monoisotopic (exact) mass is 625 g/mol. The predicted molar refractivity (Wildman–Crippen MR) is 151 cm³/mol. The van der Waals surface area contributed by atoms with Crippen molar-refractivity contribution in [2.45, 2.75) is 75.3 Å². The van der Waals surface area contributed by atoms with Crippen molar-refractivity contribution in [1.82, 2.24) is 21.3 Å². The van der Waals surface area contributed by atoms with Crippen LogP contribution in [0.1, 0.15) is 38.2 Å². The van der Waals surface area contributed by atoms with Crippen LogP contribution in [0, 0.1) is 0 Å². The van der Waals surface area contributed by atoms with Gasteiger partial charge in [-0.05, 0) is 37.5 Å². The van der Waals surface area contributed by atoms with Gasteiger partial charge in [0.25, 0.3) is 0 Å². The fraction of sp³-hybridized carbons (Fsp3) is 0.500. The molecule has 18 nitrogen and oxygen atoms in total. The molecule has 0 saturated heterocycles. The first-order valence-electron chi connectivity index (χ1n) is 13.4. The number of amides is 6. The number of aliphatic hydroxyl groups excluding tert-OH is 2. The molecule has 0 aliphatic heterocycles. The number of rotatable bonds is 19. The van der Waals surface area contributed by atoms with E-state index >= 15 is 0 Å². The highest BCUT2D eigenvalue weighted by Gasteiger charge is 2.33. The van der Waals surface area contributed by atoms with Gasteiger partial charge in [-0.3, -0.25) is 28.8 Å². The number of phenols is 1. The summed E-state index contributed by atoms with van der Waals surface area (Å²) in [5, 5.41) is 47.6. The third-order valence-corrected chi connectivity index (χ3v) is 6.22. The van der Waals surface area contributed by atoms with Gasteiger partial charge in [0, 0.05) is 19.3 Å². The Bertz CT molecular complexity index is 1190. The van der Waals surface area contributed by atoms with E-state index in [9.17, 15) is 54.0 Å². The maximum atomic E-state index is 13.0. The highest BCUT2D eigenvalue weighted by molar-refractivity contribution is 5.96. The molecule has 0 aliphatic rings. The zero-order valence-electron chi connectivity index (χ0n) is 23.9. The van der Waals surface area contributed by atoms with Gasteiger partial charge in [-0.15, -0.1) is 0 Å². The minimum Gasteiger partial charge on any atom is -0.508 e. The van der Waals surface area contributed by atoms with E-state index in [0.717, 1.165) is 6.92 Å². The SMILES string of the molecule is C[C@@H](O)[C@H](NC(=O)[C@@H](N)CCC(N)=O)C(=O)N[C@@H](CO)C(=O)N[C@@H](CCC(N)=O)C(=O)N[C@@H](Cc1ccc(O)cc1)C(=O)O. The number of carboxylic acid groups (broad SMARTS) is 1. The number of carbonyl (C=O) groups is 7. The van der Waals surface area contributed by atoms with Crippen LogP contribution >= 0.6 is 0 Å². The molecule has 0 spiro atoms. The Morgan fingerprint density at radius 1 is 0.750 bits per heavy atom. The van der Waals surface area contributed by atoms with Gasteiger partial charge in [-0.25, -0.2) is 4.79 Å². The summed E-state index contributed by atoms with van der Waals surface area (Å²) in [5.41, 5.74) is 16.3. The summed E-state index contributed by atoms with van der Waals surface area (Å²) in [6.07, 6.45) is -2.87. The summed E-state index contributed by atoms with van der Waals surface area (Å²) in [6, 6.07) is -2.17. The summed E-state index contributed by atoms with van der Waals surface area (Å²) >= 11 is 0. The molecule has 6 atom stereocenters. The first-order valence-corrected chi connectivity index (χ1v) is 13.4. The number of aliphatic hydroxyl groups is 2. The Balaban J connectivity index is 3.01. The number of carboxylic acids is 1. The second-order valence-electron chi connectivity index (χ2n) is 9.92. The molecule has 1 aromatic rings. The van der Waals surface area contributed by atoms with Gasteiger partial charge in [0.05, 0.1) is 18.8 Å². The van der Waals surface area contributed by atoms with Gasteiger partial charge in [0.1, 0.15) is 29.9 Å². The van der Waals surface area contributed by atoms with Gasteiger partial charge in [0.2, 0.25) is 35.4 Å². The lowest BCUT2D eigenvalue weighted by Gasteiger charge is -2.26. The second-order valence-corrected chi connectivity index (χ2v) is 9.92. The topological polar surface area (TPSA) is 327 Å². The van der Waals surface area contributed by atoms with Crippen molar-refractivity contribution < 1.29 is 54.0 Å². The van der Waals surface area contributed by atoms with Gasteiger partial charge < -0.3 is 58.9 Å². The third kappa shape index (κ3) is 13.0. The number of primary amides is 2. The van der Waals surface area contributed by atoms with E-state index in [1.165, 1.54) is 24.3 Å². The molecule has 0 radical (unpaired) electrons. The van der Waals surface area contributed by atoms with Crippen LogP contribution in [-0.4, -0.2) is 105 Å². The molecule has 0 saturated carbocycles. The number of aromatic hydroxyl groups is 1. The highest BCUT2D eigenvalue weighted by Crippen LogP contribution is 2.12. The van der Waals surface area contributed by atoms with E-state index in [1.807, 2.05) is 0 Å². The Morgan fingerprint density at radius 2 is 1.25 bits per heavy atom. The van der Waals surface area contributed by atoms with Crippen molar-refractivity contribution in [1.29, 1.82) is 0 Å². The van der Waals surface area contributed by atoms with Crippen molar-refractivity contribution in [2.24, 2.45) is 17.2 Å². The van der Waals surface area contributed by atoms with Gasteiger partial charge in [-0.1, -0.05) is 12.1 Å². The van der Waals surface area contributed by atoms with Gasteiger partial charge >= 0.3 is 5.97 Å². The molecule has 44 heavy (non-hydrogen) atoms. The van der Waals surface area contributed by atoms with Crippen LogP contribution in [0.2, 0.25) is 0 Å². The Kier molecular flexibility index (Phi) is 15.2. The molecule has 18 heteroatoms. The summed E-state index contributed by atoms with van der Waals surface area (Å²) in [6.45, 7) is 0.133. The van der Waals surface area contributed by atoms with E-state index in [-0.39, 0.29) is 31.4 Å². The summed E-state index contributed by atoms with van der Waals surface area (Å²) < 4.78 is 0. The maximum absolute atomic E-state index is 13.0. The van der Waals surface area contributed by atoms with Crippen LogP contribution in [-0.2, 0) is 40.0 Å². The second kappa shape index (κ2) is 18.0. The lowest BCUT2D eigenvalue weighted by atomic mass is 10.0. The normalized spacial score (nSPS) is 14.9. The lowest BCUT2D eigenvalue weighted by Crippen LogP contribution is -2.61. The third-order valence-electron chi connectivity index (χ3n) is 6.22. The zero-order chi connectivity index (χ0) is 33.6. The summed E-state index contributed by atoms with van der Waals surface area (Å²) in [5.74, 6) is -7.23. The van der Waals surface area contributed by atoms with Crippen LogP contribution < -0.4 is 38.5 Å². The van der Waals surface area contributed by atoms with Crippen LogP contribution in [0.3, 0.4) is 0 Å². The number of nitrogens with two attached hydrogens (primary N) is 3. The first kappa shape index (κ1) is 37.2. The van der Waals surface area contributed by atoms with E-state index in [2.05, 4.69) is 21.3 Å². The zero-order valence-corrected chi connectivity index (χ0v) is 23.9. The van der Waals surface area contributed by atoms with E-state index in [0.29, 0.717) is 5.56 Å². The van der Waals surface area contributed by atoms with E-state index < -0.39 is 90.8 Å². The van der Waals surface area contributed by atoms with E-state index in [4.69, 9.17) is 17.2 Å². The van der Waals surface area contributed by atoms with Crippen molar-refractivity contribution >= 4 is 41.4 Å². The number of nitrogens with one attached hydrogen (secondary N) is 4. The number of hydrogen-bond donors (Lipinski definition) is 11. The summed E-state index contributed by atoms with van der Waals surface area (Å²) in [7, 11) is 0. The smallest absolute Gasteiger partial charge is 0.326 e. The number of benzene rings is 1. The summed E-state index contributed by atoms with van der Waals surface area (Å²) in [4.78, 5) is 85.2. The largest absolute Gasteiger partial charge is 0.508 e. The van der Waals surface area contributed by atoms with Crippen LogP contribution in [0.25, 0.3) is 0 Å². The molecule has 1 rings (SSSR count).